The zero-order chi connectivity index (χ0) is 39.2. The van der Waals surface area contributed by atoms with Gasteiger partial charge in [0, 0.05) is 38.6 Å². The van der Waals surface area contributed by atoms with Gasteiger partial charge < -0.3 is 33.7 Å². The molecule has 0 unspecified atom stereocenters. The third-order valence-electron chi connectivity index (χ3n) is 8.52. The second-order valence-electron chi connectivity index (χ2n) is 14.1. The molecule has 3 aromatic rings. The molecule has 1 fully saturated rings. The van der Waals surface area contributed by atoms with Crippen LogP contribution in [-0.2, 0) is 59.9 Å². The largest absolute Gasteiger partial charge is 0.460 e. The number of esters is 4. The fraction of sp³-hybridized carbons (Fsp3) is 0.500. The van der Waals surface area contributed by atoms with Crippen molar-refractivity contribution in [2.75, 3.05) is 6.61 Å². The van der Waals surface area contributed by atoms with Gasteiger partial charge in [0.15, 0.2) is 18.3 Å². The topological polar surface area (TPSA) is 183 Å². The number of aromatic nitrogens is 3. The van der Waals surface area contributed by atoms with Crippen molar-refractivity contribution >= 4 is 41.7 Å². The third kappa shape index (κ3) is 10.6. The first-order chi connectivity index (χ1) is 25.6. The van der Waals surface area contributed by atoms with Gasteiger partial charge in [-0.05, 0) is 49.9 Å². The molecular formula is C38H46N4O11S. The Labute approximate surface area is 317 Å². The predicted molar refractivity (Wildman–Crippen MR) is 195 cm³/mol. The van der Waals surface area contributed by atoms with Crippen molar-refractivity contribution in [1.82, 2.24) is 20.3 Å². The maximum Gasteiger partial charge on any atom is 0.407 e. The lowest BCUT2D eigenvalue weighted by Crippen LogP contribution is -2.59. The quantitative estimate of drug-likeness (QED) is 0.187. The lowest BCUT2D eigenvalue weighted by molar-refractivity contribution is -0.229. The number of ether oxygens (including phenoxy) is 6. The molecular weight excluding hydrogens is 721 g/mol. The number of hydrogen-bond donors (Lipinski definition) is 1. The van der Waals surface area contributed by atoms with Crippen LogP contribution in [0.15, 0.2) is 54.7 Å². The molecule has 0 radical (unpaired) electrons. The second-order valence-corrected chi connectivity index (χ2v) is 15.2. The number of thioether (sulfide) groups is 1. The predicted octanol–water partition coefficient (Wildman–Crippen LogP) is 4.69. The van der Waals surface area contributed by atoms with Gasteiger partial charge in [-0.2, -0.15) is 0 Å². The number of benzene rings is 2. The fourth-order valence-corrected chi connectivity index (χ4v) is 7.66. The van der Waals surface area contributed by atoms with Crippen LogP contribution in [0.2, 0.25) is 0 Å². The minimum atomic E-state index is -1.12. The first-order valence-electron chi connectivity index (χ1n) is 17.6. The molecule has 0 spiro atoms. The Hall–Kier alpha value is -4.96. The minimum Gasteiger partial charge on any atom is -0.460 e. The molecule has 5 rings (SSSR count). The highest BCUT2D eigenvalue weighted by molar-refractivity contribution is 7.99. The highest BCUT2D eigenvalue weighted by Gasteiger charge is 2.50. The molecule has 0 saturated carbocycles. The van der Waals surface area contributed by atoms with Gasteiger partial charge in [-0.3, -0.25) is 23.9 Å². The molecule has 1 aliphatic heterocycles. The summed E-state index contributed by atoms with van der Waals surface area (Å²) in [5.41, 5.74) is 3.28. The third-order valence-corrected chi connectivity index (χ3v) is 9.69. The fourth-order valence-electron chi connectivity index (χ4n) is 6.54. The number of alkyl carbamates (subject to hydrolysis) is 1. The van der Waals surface area contributed by atoms with Crippen LogP contribution < -0.4 is 5.32 Å². The van der Waals surface area contributed by atoms with Crippen LogP contribution in [0, 0.1) is 0 Å². The summed E-state index contributed by atoms with van der Waals surface area (Å²) in [4.78, 5) is 62.1. The van der Waals surface area contributed by atoms with E-state index >= 15 is 0 Å². The Morgan fingerprint density at radius 2 is 1.44 bits per heavy atom. The van der Waals surface area contributed by atoms with E-state index in [-0.39, 0.29) is 31.2 Å². The first kappa shape index (κ1) is 40.2. The number of amides is 1. The van der Waals surface area contributed by atoms with Crippen LogP contribution in [-0.4, -0.2) is 93.1 Å². The van der Waals surface area contributed by atoms with Crippen molar-refractivity contribution in [1.29, 1.82) is 0 Å². The summed E-state index contributed by atoms with van der Waals surface area (Å²) in [6.45, 7) is 10.7. The molecule has 2 heterocycles. The number of rotatable bonds is 13. The van der Waals surface area contributed by atoms with Crippen molar-refractivity contribution < 1.29 is 52.4 Å². The molecule has 15 nitrogen and oxygen atoms in total. The van der Waals surface area contributed by atoms with Crippen molar-refractivity contribution in [3.63, 3.8) is 0 Å². The van der Waals surface area contributed by atoms with E-state index in [4.69, 9.17) is 28.4 Å². The zero-order valence-corrected chi connectivity index (χ0v) is 32.1. The lowest BCUT2D eigenvalue weighted by Gasteiger charge is -2.43. The van der Waals surface area contributed by atoms with Gasteiger partial charge >= 0.3 is 30.0 Å². The molecule has 1 aliphatic carbocycles. The van der Waals surface area contributed by atoms with E-state index in [1.807, 2.05) is 36.4 Å². The van der Waals surface area contributed by atoms with Crippen LogP contribution in [0.3, 0.4) is 0 Å². The Balaban J connectivity index is 1.25. The summed E-state index contributed by atoms with van der Waals surface area (Å²) < 4.78 is 35.3. The number of carbonyl (C=O) groups excluding carboxylic acids is 5. The molecule has 0 bridgehead atoms. The van der Waals surface area contributed by atoms with E-state index in [1.165, 1.54) is 37.2 Å². The number of nitrogens with one attached hydrogen (secondary N) is 1. The van der Waals surface area contributed by atoms with Gasteiger partial charge in [0.1, 0.15) is 17.6 Å². The van der Waals surface area contributed by atoms with Crippen LogP contribution in [0.5, 0.6) is 0 Å². The van der Waals surface area contributed by atoms with Gasteiger partial charge in [-0.15, -0.1) is 16.9 Å². The SMILES string of the molecule is CC(=O)O[C@@H]1[C@H](OC(C)=O)[C@H](C)O[C@H](SCc2cn(C[C@H](CC(=O)OC(C)(C)C)NC(=O)OCC3c4ccccc4-c4ccccc43)nn2)[C@H]1OC(C)=O. The number of hydrogen-bond acceptors (Lipinski definition) is 14. The maximum atomic E-state index is 13.2. The molecule has 1 N–H and O–H groups in total. The van der Waals surface area contributed by atoms with E-state index in [0.29, 0.717) is 5.69 Å². The summed E-state index contributed by atoms with van der Waals surface area (Å²) in [5, 5.41) is 11.3. The van der Waals surface area contributed by atoms with Gasteiger partial charge in [-0.1, -0.05) is 53.7 Å². The molecule has 6 atom stereocenters. The summed E-state index contributed by atoms with van der Waals surface area (Å²) in [6.07, 6.45) is -3.17. The minimum absolute atomic E-state index is 0.0622. The summed E-state index contributed by atoms with van der Waals surface area (Å²) >= 11 is 1.21. The van der Waals surface area contributed by atoms with Crippen molar-refractivity contribution in [3.8, 4) is 11.1 Å². The summed E-state index contributed by atoms with van der Waals surface area (Å²) in [6, 6.07) is 15.3. The molecule has 2 aromatic carbocycles. The summed E-state index contributed by atoms with van der Waals surface area (Å²) in [7, 11) is 0. The van der Waals surface area contributed by atoms with Crippen LogP contribution in [0.4, 0.5) is 4.79 Å². The van der Waals surface area contributed by atoms with E-state index in [0.717, 1.165) is 22.3 Å². The van der Waals surface area contributed by atoms with E-state index in [2.05, 4.69) is 27.8 Å². The molecule has 16 heteroatoms. The van der Waals surface area contributed by atoms with Crippen molar-refractivity contribution in [3.05, 3.63) is 71.5 Å². The van der Waals surface area contributed by atoms with Gasteiger partial charge in [-0.25, -0.2) is 4.79 Å². The number of nitrogens with zero attached hydrogens (tertiary/aromatic N) is 3. The maximum absolute atomic E-state index is 13.2. The van der Waals surface area contributed by atoms with E-state index in [1.54, 1.807) is 33.9 Å². The standard InChI is InChI=1S/C38H46N4O11S/c1-21-33(50-22(2)43)34(51-23(3)44)35(52-24(4)45)36(49-21)54-20-26-18-42(41-40-26)17-25(16-32(46)53-38(5,6)7)39-37(47)48-19-31-29-14-10-8-12-27(29)28-13-9-11-15-30(28)31/h8-15,18,21,25,31,33-36H,16-17,19-20H2,1-7H3,(H,39,47)/t21-,25-,33+,34+,35-,36+/m0/s1. The molecule has 290 valence electrons. The molecule has 54 heavy (non-hydrogen) atoms. The van der Waals surface area contributed by atoms with Crippen LogP contribution in [0.1, 0.15) is 77.6 Å². The zero-order valence-electron chi connectivity index (χ0n) is 31.3. The molecule has 2 aliphatic rings. The average molecular weight is 767 g/mol. The normalized spacial score (nSPS) is 21.2. The number of carbonyl (C=O) groups is 5. The Morgan fingerprint density at radius 3 is 2.04 bits per heavy atom. The summed E-state index contributed by atoms with van der Waals surface area (Å²) in [5.74, 6) is -2.35. The lowest BCUT2D eigenvalue weighted by atomic mass is 9.98. The molecule has 1 amide bonds. The van der Waals surface area contributed by atoms with Gasteiger partial charge in [0.05, 0.1) is 30.8 Å². The second kappa shape index (κ2) is 17.5. The van der Waals surface area contributed by atoms with Gasteiger partial charge in [0.2, 0.25) is 0 Å². The molecule has 1 aromatic heterocycles. The average Bonchev–Trinajstić information content (AvgIpc) is 3.66. The van der Waals surface area contributed by atoms with E-state index in [9.17, 15) is 24.0 Å². The van der Waals surface area contributed by atoms with Crippen LogP contribution >= 0.6 is 11.8 Å². The smallest absolute Gasteiger partial charge is 0.407 e. The van der Waals surface area contributed by atoms with Crippen molar-refractivity contribution in [2.24, 2.45) is 0 Å². The van der Waals surface area contributed by atoms with Gasteiger partial charge in [0.25, 0.3) is 0 Å². The first-order valence-corrected chi connectivity index (χ1v) is 18.6. The Morgan fingerprint density at radius 1 is 0.870 bits per heavy atom. The highest BCUT2D eigenvalue weighted by atomic mass is 32.2. The molecule has 1 saturated heterocycles. The Bertz CT molecular complexity index is 1800. The van der Waals surface area contributed by atoms with Crippen LogP contribution in [0.25, 0.3) is 11.1 Å². The monoisotopic (exact) mass is 766 g/mol. The highest BCUT2D eigenvalue weighted by Crippen LogP contribution is 2.44. The Kier molecular flexibility index (Phi) is 13.0. The van der Waals surface area contributed by atoms with E-state index < -0.39 is 71.5 Å². The number of fused-ring (bicyclic) bond motifs is 3. The van der Waals surface area contributed by atoms with Crippen molar-refractivity contribution in [2.45, 2.75) is 115 Å².